The van der Waals surface area contributed by atoms with Crippen LogP contribution in [0.15, 0.2) is 89.7 Å². The number of thiocarbonyl (C=S) groups is 1. The fraction of sp³-hybridized carbons (Fsp3) is 0.120. The summed E-state index contributed by atoms with van der Waals surface area (Å²) in [6.45, 7) is 1.77. The lowest BCUT2D eigenvalue weighted by atomic mass is 10.0. The monoisotopic (exact) mass is 506 g/mol. The van der Waals surface area contributed by atoms with Gasteiger partial charge in [-0.25, -0.2) is 4.39 Å². The van der Waals surface area contributed by atoms with Gasteiger partial charge in [-0.05, 0) is 91.4 Å². The predicted molar refractivity (Wildman–Crippen MR) is 133 cm³/mol. The van der Waals surface area contributed by atoms with Crippen molar-refractivity contribution in [3.05, 3.63) is 112 Å². The van der Waals surface area contributed by atoms with Crippen molar-refractivity contribution in [2.24, 2.45) is 0 Å². The number of anilines is 1. The second-order valence-electron chi connectivity index (χ2n) is 7.71. The summed E-state index contributed by atoms with van der Waals surface area (Å²) >= 11 is 9.29. The standard InChI is InChI=1S/C25H20BrFN4S/c1-16-15-19(11-12-20(16)27)31-24(23(29-25(31)32)21-5-2-3-13-28-21)22-6-4-14-30(22)18-9-7-17(26)8-10-18/h2-15,23-24H,1H3,(H,29,32)/t23-,24-/m0/s1. The number of nitrogens with zero attached hydrogens (tertiary/aromatic N) is 3. The second kappa shape index (κ2) is 8.48. The van der Waals surface area contributed by atoms with Crippen molar-refractivity contribution in [3.63, 3.8) is 0 Å². The number of hydrogen-bond donors (Lipinski definition) is 1. The highest BCUT2D eigenvalue weighted by Gasteiger charge is 2.42. The molecule has 0 spiro atoms. The molecular formula is C25H20BrFN4S. The molecule has 0 radical (unpaired) electrons. The maximum Gasteiger partial charge on any atom is 0.174 e. The highest BCUT2D eigenvalue weighted by atomic mass is 79.9. The Labute approximate surface area is 199 Å². The second-order valence-corrected chi connectivity index (χ2v) is 9.01. The zero-order valence-corrected chi connectivity index (χ0v) is 19.6. The summed E-state index contributed by atoms with van der Waals surface area (Å²) < 4.78 is 17.2. The molecule has 160 valence electrons. The Kier molecular flexibility index (Phi) is 5.53. The smallest absolute Gasteiger partial charge is 0.174 e. The van der Waals surface area contributed by atoms with E-state index in [-0.39, 0.29) is 17.9 Å². The highest BCUT2D eigenvalue weighted by molar-refractivity contribution is 9.10. The number of rotatable bonds is 4. The summed E-state index contributed by atoms with van der Waals surface area (Å²) in [6, 6.07) is 22.9. The Balaban J connectivity index is 1.67. The van der Waals surface area contributed by atoms with Crippen molar-refractivity contribution in [1.82, 2.24) is 14.9 Å². The van der Waals surface area contributed by atoms with Gasteiger partial charge in [-0.15, -0.1) is 0 Å². The molecule has 0 saturated carbocycles. The molecule has 3 heterocycles. The van der Waals surface area contributed by atoms with Crippen molar-refractivity contribution in [2.45, 2.75) is 19.0 Å². The van der Waals surface area contributed by atoms with Gasteiger partial charge in [0.15, 0.2) is 5.11 Å². The number of halogens is 2. The third-order valence-corrected chi connectivity index (χ3v) is 6.55. The van der Waals surface area contributed by atoms with E-state index in [1.54, 1.807) is 19.2 Å². The van der Waals surface area contributed by atoms with Crippen molar-refractivity contribution >= 4 is 38.9 Å². The van der Waals surface area contributed by atoms with Gasteiger partial charge in [-0.1, -0.05) is 22.0 Å². The normalized spacial score (nSPS) is 18.1. The number of pyridine rings is 1. The SMILES string of the molecule is Cc1cc(N2C(=S)N[C@@H](c3ccccn3)[C@@H]2c2cccn2-c2ccc(Br)cc2)ccc1F. The first kappa shape index (κ1) is 20.8. The first-order valence-corrected chi connectivity index (χ1v) is 11.4. The van der Waals surface area contributed by atoms with E-state index >= 15 is 0 Å². The average Bonchev–Trinajstić information content (AvgIpc) is 3.41. The van der Waals surface area contributed by atoms with Crippen LogP contribution in [0.4, 0.5) is 10.1 Å². The molecule has 2 aromatic carbocycles. The van der Waals surface area contributed by atoms with Crippen LogP contribution < -0.4 is 10.2 Å². The predicted octanol–water partition coefficient (Wildman–Crippen LogP) is 6.26. The molecule has 2 aromatic heterocycles. The molecule has 4 nitrogen and oxygen atoms in total. The number of aryl methyl sites for hydroxylation is 1. The number of aromatic nitrogens is 2. The zero-order chi connectivity index (χ0) is 22.2. The summed E-state index contributed by atoms with van der Waals surface area (Å²) in [5.41, 5.74) is 4.41. The number of nitrogens with one attached hydrogen (secondary N) is 1. The Bertz CT molecular complexity index is 1270. The molecule has 5 rings (SSSR count). The quantitative estimate of drug-likeness (QED) is 0.331. The molecule has 4 aromatic rings. The molecule has 1 N–H and O–H groups in total. The van der Waals surface area contributed by atoms with Crippen LogP contribution in [0.5, 0.6) is 0 Å². The van der Waals surface area contributed by atoms with E-state index in [0.717, 1.165) is 27.2 Å². The highest BCUT2D eigenvalue weighted by Crippen LogP contribution is 2.42. The van der Waals surface area contributed by atoms with Crippen LogP contribution in [0.3, 0.4) is 0 Å². The fourth-order valence-corrected chi connectivity index (χ4v) is 4.79. The van der Waals surface area contributed by atoms with Gasteiger partial charge in [0, 0.05) is 33.9 Å². The molecule has 7 heteroatoms. The van der Waals surface area contributed by atoms with Crippen LogP contribution >= 0.6 is 28.1 Å². The number of benzene rings is 2. The van der Waals surface area contributed by atoms with Gasteiger partial charge in [0.05, 0.1) is 11.7 Å². The van der Waals surface area contributed by atoms with Crippen molar-refractivity contribution in [2.75, 3.05) is 4.90 Å². The molecule has 2 atom stereocenters. The van der Waals surface area contributed by atoms with E-state index in [4.69, 9.17) is 12.2 Å². The van der Waals surface area contributed by atoms with E-state index in [2.05, 4.69) is 53.9 Å². The largest absolute Gasteiger partial charge is 0.351 e. The van der Waals surface area contributed by atoms with Gasteiger partial charge < -0.3 is 14.8 Å². The topological polar surface area (TPSA) is 33.1 Å². The summed E-state index contributed by atoms with van der Waals surface area (Å²) in [4.78, 5) is 6.67. The van der Waals surface area contributed by atoms with Crippen LogP contribution in [0.1, 0.15) is 29.0 Å². The third kappa shape index (κ3) is 3.72. The molecule has 1 saturated heterocycles. The Morgan fingerprint density at radius 1 is 1.00 bits per heavy atom. The van der Waals surface area contributed by atoms with Crippen LogP contribution in [-0.2, 0) is 0 Å². The Morgan fingerprint density at radius 2 is 1.78 bits per heavy atom. The first-order chi connectivity index (χ1) is 15.5. The maximum absolute atomic E-state index is 14.0. The summed E-state index contributed by atoms with van der Waals surface area (Å²) in [5, 5.41) is 4.04. The van der Waals surface area contributed by atoms with E-state index in [1.165, 1.54) is 6.07 Å². The van der Waals surface area contributed by atoms with E-state index in [0.29, 0.717) is 10.7 Å². The van der Waals surface area contributed by atoms with Crippen LogP contribution in [0.25, 0.3) is 5.69 Å². The third-order valence-electron chi connectivity index (χ3n) is 5.71. The van der Waals surface area contributed by atoms with E-state index in [1.807, 2.05) is 48.7 Å². The van der Waals surface area contributed by atoms with Gasteiger partial charge in [-0.2, -0.15) is 0 Å². The molecule has 0 unspecified atom stereocenters. The van der Waals surface area contributed by atoms with Gasteiger partial charge in [-0.3, -0.25) is 4.98 Å². The lowest BCUT2D eigenvalue weighted by molar-refractivity contribution is 0.549. The molecule has 0 bridgehead atoms. The first-order valence-electron chi connectivity index (χ1n) is 10.2. The lowest BCUT2D eigenvalue weighted by Crippen LogP contribution is -2.30. The van der Waals surface area contributed by atoms with Crippen LogP contribution in [-0.4, -0.2) is 14.7 Å². The van der Waals surface area contributed by atoms with Crippen molar-refractivity contribution in [1.29, 1.82) is 0 Å². The lowest BCUT2D eigenvalue weighted by Gasteiger charge is -2.29. The van der Waals surface area contributed by atoms with Gasteiger partial charge in [0.25, 0.3) is 0 Å². The number of hydrogen-bond acceptors (Lipinski definition) is 2. The molecule has 1 aliphatic heterocycles. The maximum atomic E-state index is 14.0. The molecule has 1 fully saturated rings. The average molecular weight is 507 g/mol. The van der Waals surface area contributed by atoms with E-state index in [9.17, 15) is 4.39 Å². The fourth-order valence-electron chi connectivity index (χ4n) is 4.18. The van der Waals surface area contributed by atoms with Crippen molar-refractivity contribution < 1.29 is 4.39 Å². The summed E-state index contributed by atoms with van der Waals surface area (Å²) in [5.74, 6) is -0.233. The molecular weight excluding hydrogens is 487 g/mol. The Hall–Kier alpha value is -3.03. The summed E-state index contributed by atoms with van der Waals surface area (Å²) in [7, 11) is 0. The van der Waals surface area contributed by atoms with Gasteiger partial charge in [0.1, 0.15) is 11.9 Å². The molecule has 32 heavy (non-hydrogen) atoms. The van der Waals surface area contributed by atoms with Gasteiger partial charge in [0.2, 0.25) is 0 Å². The zero-order valence-electron chi connectivity index (χ0n) is 17.2. The minimum absolute atomic E-state index is 0.168. The van der Waals surface area contributed by atoms with E-state index < -0.39 is 0 Å². The minimum Gasteiger partial charge on any atom is -0.351 e. The van der Waals surface area contributed by atoms with Crippen LogP contribution in [0, 0.1) is 12.7 Å². The minimum atomic E-state index is -0.233. The summed E-state index contributed by atoms with van der Waals surface area (Å²) in [6.07, 6.45) is 3.83. The van der Waals surface area contributed by atoms with Crippen LogP contribution in [0.2, 0.25) is 0 Å². The van der Waals surface area contributed by atoms with Crippen molar-refractivity contribution in [3.8, 4) is 5.69 Å². The molecule has 0 aliphatic carbocycles. The van der Waals surface area contributed by atoms with Gasteiger partial charge >= 0.3 is 0 Å². The molecule has 0 amide bonds. The molecule has 1 aliphatic rings. The Morgan fingerprint density at radius 3 is 2.50 bits per heavy atom.